The number of nitroso groups, excluding NO2 is 1. The summed E-state index contributed by atoms with van der Waals surface area (Å²) in [5.74, 6) is -0.427. The van der Waals surface area contributed by atoms with Gasteiger partial charge in [0.25, 0.3) is 5.91 Å². The van der Waals surface area contributed by atoms with Crippen LogP contribution in [-0.4, -0.2) is 45.8 Å². The smallest absolute Gasteiger partial charge is 0.255 e. The summed E-state index contributed by atoms with van der Waals surface area (Å²) < 4.78 is 29.0. The van der Waals surface area contributed by atoms with E-state index in [2.05, 4.69) is 10.2 Å². The van der Waals surface area contributed by atoms with Gasteiger partial charge in [-0.2, -0.15) is 0 Å². The number of carbonyl (C=O) groups excluding carboxylic acids is 1. The lowest BCUT2D eigenvalue weighted by molar-refractivity contribution is 0.0469. The van der Waals surface area contributed by atoms with Crippen LogP contribution in [0.3, 0.4) is 0 Å². The monoisotopic (exact) mass is 370 g/mol. The molecule has 3 heterocycles. The van der Waals surface area contributed by atoms with Crippen molar-refractivity contribution in [3.8, 4) is 5.69 Å². The number of amides is 1. The number of carbonyl (C=O) groups is 1. The molecule has 2 atom stereocenters. The van der Waals surface area contributed by atoms with Crippen molar-refractivity contribution in [3.63, 3.8) is 0 Å². The maximum absolute atomic E-state index is 13.6. The van der Waals surface area contributed by atoms with Crippen molar-refractivity contribution in [2.75, 3.05) is 13.1 Å². The minimum atomic E-state index is -1.35. The second-order valence-electron chi connectivity index (χ2n) is 6.57. The van der Waals surface area contributed by atoms with Crippen molar-refractivity contribution in [1.82, 2.24) is 14.5 Å². The molecule has 0 N–H and O–H groups in total. The van der Waals surface area contributed by atoms with Gasteiger partial charge in [0.1, 0.15) is 23.7 Å². The molecule has 1 aromatic carbocycles. The summed E-state index contributed by atoms with van der Waals surface area (Å²) in [7, 11) is 0. The fourth-order valence-electron chi connectivity index (χ4n) is 3.35. The van der Waals surface area contributed by atoms with Crippen LogP contribution in [0.2, 0.25) is 0 Å². The van der Waals surface area contributed by atoms with Gasteiger partial charge in [0.2, 0.25) is 0 Å². The first-order valence-electron chi connectivity index (χ1n) is 8.53. The molecule has 138 valence electrons. The third kappa shape index (κ3) is 3.30. The Hall–Kier alpha value is -3.16. The second-order valence-corrected chi connectivity index (χ2v) is 6.57. The predicted molar refractivity (Wildman–Crippen MR) is 96.8 cm³/mol. The molecule has 0 unspecified atom stereocenters. The van der Waals surface area contributed by atoms with Crippen LogP contribution in [0.4, 0.5) is 14.5 Å². The zero-order valence-corrected chi connectivity index (χ0v) is 14.3. The van der Waals surface area contributed by atoms with Gasteiger partial charge in [0.15, 0.2) is 0 Å². The van der Waals surface area contributed by atoms with Crippen LogP contribution in [0.15, 0.2) is 54.0 Å². The highest BCUT2D eigenvalue weighted by atomic mass is 19.1. The Balaban J connectivity index is 1.63. The molecule has 1 aliphatic heterocycles. The minimum Gasteiger partial charge on any atom is -0.333 e. The molecule has 1 saturated heterocycles. The second kappa shape index (κ2) is 6.86. The number of halogens is 2. The molecule has 0 radical (unpaired) electrons. The summed E-state index contributed by atoms with van der Waals surface area (Å²) >= 11 is 0. The molecule has 2 aromatic heterocycles. The zero-order chi connectivity index (χ0) is 19.0. The van der Waals surface area contributed by atoms with Crippen LogP contribution in [0.1, 0.15) is 16.8 Å². The summed E-state index contributed by atoms with van der Waals surface area (Å²) in [6.45, 7) is -0.204. The van der Waals surface area contributed by atoms with E-state index < -0.39 is 18.3 Å². The summed E-state index contributed by atoms with van der Waals surface area (Å²) in [6.07, 6.45) is 0.351. The highest BCUT2D eigenvalue weighted by molar-refractivity contribution is 5.97. The molecule has 1 fully saturated rings. The molecule has 27 heavy (non-hydrogen) atoms. The Morgan fingerprint density at radius 2 is 1.81 bits per heavy atom. The first kappa shape index (κ1) is 17.3. The maximum Gasteiger partial charge on any atom is 0.255 e. The van der Waals surface area contributed by atoms with Gasteiger partial charge < -0.3 is 9.47 Å². The Morgan fingerprint density at radius 1 is 1.11 bits per heavy atom. The number of hydrogen-bond donors (Lipinski definition) is 0. The van der Waals surface area contributed by atoms with Crippen LogP contribution in [0.25, 0.3) is 16.7 Å². The lowest BCUT2D eigenvalue weighted by atomic mass is 10.1. The summed E-state index contributed by atoms with van der Waals surface area (Å²) in [4.78, 5) is 28.7. The molecule has 4 rings (SSSR count). The van der Waals surface area contributed by atoms with E-state index in [0.717, 1.165) is 11.1 Å². The molecule has 3 aromatic rings. The zero-order valence-electron chi connectivity index (χ0n) is 14.3. The number of hydrogen-bond acceptors (Lipinski definition) is 4. The van der Waals surface area contributed by atoms with Crippen LogP contribution in [0, 0.1) is 4.91 Å². The topological polar surface area (TPSA) is 67.6 Å². The van der Waals surface area contributed by atoms with Crippen molar-refractivity contribution in [2.45, 2.75) is 18.8 Å². The average Bonchev–Trinajstić information content (AvgIpc) is 3.10. The van der Waals surface area contributed by atoms with Crippen molar-refractivity contribution in [2.24, 2.45) is 5.18 Å². The molecule has 8 heteroatoms. The Labute approximate surface area is 153 Å². The standard InChI is InChI=1S/C19H16F2N4O2/c20-14-8-15(21)11-24(10-14)19(26)13-7-12-5-6-25(18(12)22-9-13)17-3-1-16(23-27)2-4-17/h1-7,9,14-15H,8,10-11H2/t14-,15+. The summed E-state index contributed by atoms with van der Waals surface area (Å²) in [6, 6.07) is 10.2. The van der Waals surface area contributed by atoms with Gasteiger partial charge in [-0.3, -0.25) is 4.79 Å². The molecule has 0 aliphatic carbocycles. The number of piperidine rings is 1. The van der Waals surface area contributed by atoms with Crippen LogP contribution in [0.5, 0.6) is 0 Å². The van der Waals surface area contributed by atoms with Gasteiger partial charge in [-0.15, -0.1) is 4.91 Å². The van der Waals surface area contributed by atoms with E-state index in [0.29, 0.717) is 16.9 Å². The van der Waals surface area contributed by atoms with E-state index in [9.17, 15) is 18.5 Å². The molecular weight excluding hydrogens is 354 g/mol. The number of aromatic nitrogens is 2. The normalized spacial score (nSPS) is 20.0. The van der Waals surface area contributed by atoms with Crippen LogP contribution in [-0.2, 0) is 0 Å². The van der Waals surface area contributed by atoms with E-state index in [4.69, 9.17) is 0 Å². The van der Waals surface area contributed by atoms with E-state index in [1.54, 1.807) is 42.6 Å². The van der Waals surface area contributed by atoms with Crippen LogP contribution >= 0.6 is 0 Å². The van der Waals surface area contributed by atoms with Gasteiger partial charge in [-0.05, 0) is 41.6 Å². The van der Waals surface area contributed by atoms with Gasteiger partial charge in [-0.1, -0.05) is 0 Å². The lowest BCUT2D eigenvalue weighted by Gasteiger charge is -2.31. The van der Waals surface area contributed by atoms with Crippen LogP contribution < -0.4 is 0 Å². The largest absolute Gasteiger partial charge is 0.333 e. The van der Waals surface area contributed by atoms with Gasteiger partial charge in [-0.25, -0.2) is 13.8 Å². The quantitative estimate of drug-likeness (QED) is 0.656. The number of rotatable bonds is 3. The minimum absolute atomic E-state index is 0.102. The van der Waals surface area contributed by atoms with Gasteiger partial charge in [0, 0.05) is 29.9 Å². The Kier molecular flexibility index (Phi) is 4.39. The highest BCUT2D eigenvalue weighted by Gasteiger charge is 2.30. The van der Waals surface area contributed by atoms with Crippen molar-refractivity contribution in [3.05, 3.63) is 59.3 Å². The third-order valence-electron chi connectivity index (χ3n) is 4.64. The van der Waals surface area contributed by atoms with E-state index in [1.165, 1.54) is 11.1 Å². The summed E-state index contributed by atoms with van der Waals surface area (Å²) in [5, 5.41) is 3.60. The first-order valence-corrected chi connectivity index (χ1v) is 8.53. The van der Waals surface area contributed by atoms with Gasteiger partial charge >= 0.3 is 0 Å². The number of pyridine rings is 1. The van der Waals surface area contributed by atoms with E-state index in [-0.39, 0.29) is 19.5 Å². The number of nitrogens with zero attached hydrogens (tertiary/aromatic N) is 4. The number of likely N-dealkylation sites (tertiary alicyclic amines) is 1. The summed E-state index contributed by atoms with van der Waals surface area (Å²) in [5.41, 5.74) is 2.04. The molecule has 1 aliphatic rings. The van der Waals surface area contributed by atoms with E-state index in [1.807, 2.05) is 4.57 Å². The SMILES string of the molecule is O=Nc1ccc(-n2ccc3cc(C(=O)N4C[C@H](F)C[C@H](F)C4)cnc32)cc1. The van der Waals surface area contributed by atoms with Crippen molar-refractivity contribution >= 4 is 22.6 Å². The lowest BCUT2D eigenvalue weighted by Crippen LogP contribution is -2.45. The molecule has 1 amide bonds. The van der Waals surface area contributed by atoms with Crippen molar-refractivity contribution in [1.29, 1.82) is 0 Å². The third-order valence-corrected chi connectivity index (χ3v) is 4.64. The highest BCUT2D eigenvalue weighted by Crippen LogP contribution is 2.23. The molecular formula is C19H16F2N4O2. The number of fused-ring (bicyclic) bond motifs is 1. The van der Waals surface area contributed by atoms with Crippen molar-refractivity contribution < 1.29 is 13.6 Å². The molecule has 0 spiro atoms. The molecule has 6 nitrogen and oxygen atoms in total. The van der Waals surface area contributed by atoms with Gasteiger partial charge in [0.05, 0.1) is 18.7 Å². The molecule has 0 saturated carbocycles. The fraction of sp³-hybridized carbons (Fsp3) is 0.263. The Morgan fingerprint density at radius 3 is 2.48 bits per heavy atom. The maximum atomic E-state index is 13.6. The average molecular weight is 370 g/mol. The fourth-order valence-corrected chi connectivity index (χ4v) is 3.35. The number of benzene rings is 1. The van der Waals surface area contributed by atoms with E-state index >= 15 is 0 Å². The number of alkyl halides is 2. The first-order chi connectivity index (χ1) is 13.0. The predicted octanol–water partition coefficient (Wildman–Crippen LogP) is 3.95. The Bertz CT molecular complexity index is 993. The molecule has 0 bridgehead atoms.